The van der Waals surface area contributed by atoms with E-state index in [-0.39, 0.29) is 12.4 Å². The van der Waals surface area contributed by atoms with Crippen LogP contribution >= 0.6 is 0 Å². The predicted octanol–water partition coefficient (Wildman–Crippen LogP) is 2.02. The van der Waals surface area contributed by atoms with Crippen molar-refractivity contribution in [1.82, 2.24) is 0 Å². The van der Waals surface area contributed by atoms with E-state index in [9.17, 15) is 9.50 Å². The van der Waals surface area contributed by atoms with Gasteiger partial charge >= 0.3 is 0 Å². The van der Waals surface area contributed by atoms with Crippen molar-refractivity contribution < 1.29 is 14.2 Å². The Hall–Kier alpha value is -0.970. The zero-order valence-corrected chi connectivity index (χ0v) is 11.3. The monoisotopic (exact) mass is 255 g/mol. The first kappa shape index (κ1) is 15.1. The topological polar surface area (TPSA) is 55.5 Å². The largest absolute Gasteiger partial charge is 0.383 e. The van der Waals surface area contributed by atoms with Crippen molar-refractivity contribution in [3.8, 4) is 0 Å². The molecule has 0 saturated carbocycles. The molecule has 0 bridgehead atoms. The number of aliphatic hydroxyl groups is 1. The number of benzene rings is 1. The molecule has 0 saturated heterocycles. The molecule has 3 nitrogen and oxygen atoms in total. The second-order valence-corrected chi connectivity index (χ2v) is 4.80. The molecule has 0 spiro atoms. The van der Waals surface area contributed by atoms with Gasteiger partial charge in [0.15, 0.2) is 0 Å². The van der Waals surface area contributed by atoms with Crippen molar-refractivity contribution in [2.24, 2.45) is 5.73 Å². The Bertz CT molecular complexity index is 386. The van der Waals surface area contributed by atoms with Crippen LogP contribution < -0.4 is 5.73 Å². The van der Waals surface area contributed by atoms with Gasteiger partial charge in [-0.2, -0.15) is 0 Å². The standard InChI is InChI=1S/C14H22FNO2/c1-10-7-11(2)13(12(15)8-10)14(17,9-18-3)5-4-6-16/h7-8,17H,4-6,9,16H2,1-3H3. The van der Waals surface area contributed by atoms with Crippen molar-refractivity contribution in [3.63, 3.8) is 0 Å². The van der Waals surface area contributed by atoms with E-state index in [1.165, 1.54) is 13.2 Å². The van der Waals surface area contributed by atoms with Gasteiger partial charge in [0.2, 0.25) is 0 Å². The lowest BCUT2D eigenvalue weighted by Gasteiger charge is -2.30. The molecule has 0 aliphatic heterocycles. The number of hydrogen-bond acceptors (Lipinski definition) is 3. The summed E-state index contributed by atoms with van der Waals surface area (Å²) in [6.07, 6.45) is 1.00. The van der Waals surface area contributed by atoms with Crippen LogP contribution in [0.2, 0.25) is 0 Å². The van der Waals surface area contributed by atoms with Gasteiger partial charge in [-0.1, -0.05) is 6.07 Å². The molecular weight excluding hydrogens is 233 g/mol. The van der Waals surface area contributed by atoms with E-state index in [0.717, 1.165) is 11.1 Å². The molecule has 1 rings (SSSR count). The first-order valence-electron chi connectivity index (χ1n) is 6.13. The van der Waals surface area contributed by atoms with Gasteiger partial charge < -0.3 is 15.6 Å². The molecule has 4 heteroatoms. The van der Waals surface area contributed by atoms with Gasteiger partial charge in [0.1, 0.15) is 11.4 Å². The third-order valence-corrected chi connectivity index (χ3v) is 3.07. The molecule has 1 unspecified atom stereocenters. The summed E-state index contributed by atoms with van der Waals surface area (Å²) >= 11 is 0. The van der Waals surface area contributed by atoms with E-state index in [1.807, 2.05) is 13.0 Å². The highest BCUT2D eigenvalue weighted by molar-refractivity contribution is 5.36. The fourth-order valence-electron chi connectivity index (χ4n) is 2.41. The van der Waals surface area contributed by atoms with E-state index in [1.54, 1.807) is 6.92 Å². The number of nitrogens with two attached hydrogens (primary N) is 1. The van der Waals surface area contributed by atoms with E-state index in [2.05, 4.69) is 0 Å². The second kappa shape index (κ2) is 6.27. The average molecular weight is 255 g/mol. The number of halogens is 1. The minimum Gasteiger partial charge on any atom is -0.383 e. The molecule has 0 aliphatic rings. The van der Waals surface area contributed by atoms with Crippen LogP contribution in [0.1, 0.15) is 29.5 Å². The fraction of sp³-hybridized carbons (Fsp3) is 0.571. The minimum atomic E-state index is -1.31. The normalized spacial score (nSPS) is 14.6. The zero-order valence-electron chi connectivity index (χ0n) is 11.3. The molecule has 18 heavy (non-hydrogen) atoms. The molecule has 1 atom stereocenters. The van der Waals surface area contributed by atoms with Gasteiger partial charge in [0.05, 0.1) is 6.61 Å². The van der Waals surface area contributed by atoms with Crippen molar-refractivity contribution in [1.29, 1.82) is 0 Å². The summed E-state index contributed by atoms with van der Waals surface area (Å²) in [6.45, 7) is 4.15. The van der Waals surface area contributed by atoms with Gasteiger partial charge in [0.25, 0.3) is 0 Å². The SMILES string of the molecule is COCC(O)(CCCN)c1c(C)cc(C)cc1F. The van der Waals surface area contributed by atoms with Crippen LogP contribution in [0.5, 0.6) is 0 Å². The number of aryl methyl sites for hydroxylation is 2. The Morgan fingerprint density at radius 2 is 2.06 bits per heavy atom. The number of hydrogen-bond donors (Lipinski definition) is 2. The summed E-state index contributed by atoms with van der Waals surface area (Å²) in [5, 5.41) is 10.6. The summed E-state index contributed by atoms with van der Waals surface area (Å²) in [4.78, 5) is 0. The number of methoxy groups -OCH3 is 1. The van der Waals surface area contributed by atoms with Gasteiger partial charge in [0, 0.05) is 12.7 Å². The van der Waals surface area contributed by atoms with E-state index >= 15 is 0 Å². The third-order valence-electron chi connectivity index (χ3n) is 3.07. The van der Waals surface area contributed by atoms with Gasteiger partial charge in [-0.05, 0) is 50.4 Å². The first-order chi connectivity index (χ1) is 8.44. The highest BCUT2D eigenvalue weighted by atomic mass is 19.1. The third kappa shape index (κ3) is 3.28. The summed E-state index contributed by atoms with van der Waals surface area (Å²) < 4.78 is 19.2. The number of rotatable bonds is 6. The maximum atomic E-state index is 14.1. The molecule has 1 aromatic carbocycles. The minimum absolute atomic E-state index is 0.0633. The van der Waals surface area contributed by atoms with Crippen LogP contribution in [0.25, 0.3) is 0 Å². The molecule has 0 radical (unpaired) electrons. The van der Waals surface area contributed by atoms with Crippen molar-refractivity contribution in [2.45, 2.75) is 32.3 Å². The average Bonchev–Trinajstić information content (AvgIpc) is 2.25. The Labute approximate surface area is 108 Å². The predicted molar refractivity (Wildman–Crippen MR) is 69.9 cm³/mol. The molecule has 0 aliphatic carbocycles. The fourth-order valence-corrected chi connectivity index (χ4v) is 2.41. The smallest absolute Gasteiger partial charge is 0.129 e. The lowest BCUT2D eigenvalue weighted by atomic mass is 9.85. The van der Waals surface area contributed by atoms with Crippen molar-refractivity contribution in [2.75, 3.05) is 20.3 Å². The summed E-state index contributed by atoms with van der Waals surface area (Å²) in [7, 11) is 1.49. The maximum absolute atomic E-state index is 14.1. The molecule has 1 aromatic rings. The summed E-state index contributed by atoms with van der Waals surface area (Å²) in [5.74, 6) is -0.385. The van der Waals surface area contributed by atoms with Gasteiger partial charge in [-0.3, -0.25) is 0 Å². The zero-order chi connectivity index (χ0) is 13.8. The number of ether oxygens (including phenoxy) is 1. The molecule has 0 aromatic heterocycles. The van der Waals surface area contributed by atoms with Crippen LogP contribution in [0.3, 0.4) is 0 Å². The van der Waals surface area contributed by atoms with E-state index in [0.29, 0.717) is 24.9 Å². The Kier molecular flexibility index (Phi) is 5.26. The second-order valence-electron chi connectivity index (χ2n) is 4.80. The quantitative estimate of drug-likeness (QED) is 0.817. The summed E-state index contributed by atoms with van der Waals surface area (Å²) in [6, 6.07) is 3.30. The lowest BCUT2D eigenvalue weighted by Crippen LogP contribution is -2.34. The van der Waals surface area contributed by atoms with Crippen molar-refractivity contribution >= 4 is 0 Å². The van der Waals surface area contributed by atoms with E-state index < -0.39 is 5.60 Å². The van der Waals surface area contributed by atoms with Crippen LogP contribution in [0, 0.1) is 19.7 Å². The molecule has 0 amide bonds. The molecule has 102 valence electrons. The van der Waals surface area contributed by atoms with Crippen LogP contribution in [0.4, 0.5) is 4.39 Å². The first-order valence-corrected chi connectivity index (χ1v) is 6.13. The molecule has 0 fully saturated rings. The lowest BCUT2D eigenvalue weighted by molar-refractivity contribution is -0.0457. The Morgan fingerprint density at radius 3 is 2.56 bits per heavy atom. The van der Waals surface area contributed by atoms with Crippen LogP contribution in [-0.4, -0.2) is 25.4 Å². The maximum Gasteiger partial charge on any atom is 0.129 e. The molecular formula is C14H22FNO2. The van der Waals surface area contributed by atoms with Crippen LogP contribution in [0.15, 0.2) is 12.1 Å². The highest BCUT2D eigenvalue weighted by Gasteiger charge is 2.33. The highest BCUT2D eigenvalue weighted by Crippen LogP contribution is 2.32. The Morgan fingerprint density at radius 1 is 1.39 bits per heavy atom. The Balaban J connectivity index is 3.20. The van der Waals surface area contributed by atoms with E-state index in [4.69, 9.17) is 10.5 Å². The molecule has 0 heterocycles. The van der Waals surface area contributed by atoms with Gasteiger partial charge in [-0.15, -0.1) is 0 Å². The van der Waals surface area contributed by atoms with Crippen molar-refractivity contribution in [3.05, 3.63) is 34.6 Å². The van der Waals surface area contributed by atoms with Gasteiger partial charge in [-0.25, -0.2) is 4.39 Å². The summed E-state index contributed by atoms with van der Waals surface area (Å²) in [5.41, 5.74) is 6.06. The van der Waals surface area contributed by atoms with Crippen LogP contribution in [-0.2, 0) is 10.3 Å². The molecule has 3 N–H and O–H groups in total.